The smallest absolute Gasteiger partial charge is 0.314 e. The fraction of sp³-hybridized carbons (Fsp3) is 0.562. The number of hydrogen-bond acceptors (Lipinski definition) is 3. The van der Waals surface area contributed by atoms with E-state index in [1.807, 2.05) is 0 Å². The summed E-state index contributed by atoms with van der Waals surface area (Å²) in [7, 11) is 1.49. The van der Waals surface area contributed by atoms with E-state index in [-0.39, 0.29) is 30.4 Å². The second kappa shape index (κ2) is 7.56. The highest BCUT2D eigenvalue weighted by Gasteiger charge is 2.38. The van der Waals surface area contributed by atoms with Crippen LogP contribution in [0.2, 0.25) is 0 Å². The van der Waals surface area contributed by atoms with Crippen LogP contribution in [0.5, 0.6) is 0 Å². The van der Waals surface area contributed by atoms with Crippen LogP contribution in [0, 0.1) is 5.82 Å². The summed E-state index contributed by atoms with van der Waals surface area (Å²) in [4.78, 5) is 11.8. The molecular formula is C16H23FN2O3. The van der Waals surface area contributed by atoms with Crippen molar-refractivity contribution >= 4 is 6.03 Å². The van der Waals surface area contributed by atoms with Crippen LogP contribution >= 0.6 is 0 Å². The molecule has 2 amide bonds. The topological polar surface area (TPSA) is 70.6 Å². The Bertz CT molecular complexity index is 489. The molecule has 0 spiro atoms. The minimum Gasteiger partial charge on any atom is -0.389 e. The van der Waals surface area contributed by atoms with E-state index in [0.29, 0.717) is 6.54 Å². The van der Waals surface area contributed by atoms with Gasteiger partial charge in [0.1, 0.15) is 5.82 Å². The fourth-order valence-corrected chi connectivity index (χ4v) is 2.75. The van der Waals surface area contributed by atoms with Gasteiger partial charge in [0.05, 0.1) is 12.7 Å². The van der Waals surface area contributed by atoms with E-state index in [2.05, 4.69) is 10.6 Å². The lowest BCUT2D eigenvalue weighted by molar-refractivity contribution is 0.0659. The van der Waals surface area contributed by atoms with Crippen LogP contribution in [0.15, 0.2) is 24.3 Å². The van der Waals surface area contributed by atoms with E-state index in [0.717, 1.165) is 24.8 Å². The fourth-order valence-electron chi connectivity index (χ4n) is 2.75. The second-order valence-electron chi connectivity index (χ2n) is 5.81. The molecule has 2 rings (SSSR count). The van der Waals surface area contributed by atoms with Crippen molar-refractivity contribution in [1.82, 2.24) is 10.6 Å². The lowest BCUT2D eigenvalue weighted by Crippen LogP contribution is -2.49. The first-order valence-electron chi connectivity index (χ1n) is 7.50. The molecule has 1 saturated carbocycles. The maximum atomic E-state index is 13.0. The largest absolute Gasteiger partial charge is 0.389 e. The number of ether oxygens (including phenoxy) is 1. The van der Waals surface area contributed by atoms with Crippen molar-refractivity contribution in [2.45, 2.75) is 30.8 Å². The Hall–Kier alpha value is -1.66. The number of benzene rings is 1. The Kier molecular flexibility index (Phi) is 5.74. The zero-order valence-corrected chi connectivity index (χ0v) is 12.8. The van der Waals surface area contributed by atoms with Gasteiger partial charge in [-0.15, -0.1) is 0 Å². The van der Waals surface area contributed by atoms with Crippen LogP contribution < -0.4 is 10.6 Å². The van der Waals surface area contributed by atoms with Crippen molar-refractivity contribution in [3.05, 3.63) is 35.6 Å². The van der Waals surface area contributed by atoms with Gasteiger partial charge in [-0.25, -0.2) is 9.18 Å². The van der Waals surface area contributed by atoms with E-state index in [1.54, 1.807) is 12.1 Å². The number of carbonyl (C=O) groups is 1. The molecule has 0 saturated heterocycles. The number of nitrogens with one attached hydrogen (secondary N) is 2. The van der Waals surface area contributed by atoms with Gasteiger partial charge >= 0.3 is 6.03 Å². The van der Waals surface area contributed by atoms with Crippen LogP contribution in [0.3, 0.4) is 0 Å². The third kappa shape index (κ3) is 4.18. The number of rotatable bonds is 7. The molecule has 1 unspecified atom stereocenters. The molecule has 0 radical (unpaired) electrons. The minimum absolute atomic E-state index is 0.101. The van der Waals surface area contributed by atoms with E-state index in [9.17, 15) is 14.3 Å². The summed E-state index contributed by atoms with van der Waals surface area (Å²) in [5, 5.41) is 14.9. The minimum atomic E-state index is -0.717. The van der Waals surface area contributed by atoms with E-state index in [1.165, 1.54) is 19.2 Å². The van der Waals surface area contributed by atoms with Crippen molar-refractivity contribution in [3.63, 3.8) is 0 Å². The molecule has 122 valence electrons. The molecule has 1 atom stereocenters. The summed E-state index contributed by atoms with van der Waals surface area (Å²) in [6.45, 7) is 0.827. The summed E-state index contributed by atoms with van der Waals surface area (Å²) in [5.74, 6) is -0.254. The summed E-state index contributed by atoms with van der Waals surface area (Å²) in [6.07, 6.45) is 2.34. The van der Waals surface area contributed by atoms with Gasteiger partial charge in [0.2, 0.25) is 0 Å². The Morgan fingerprint density at radius 2 is 2.05 bits per heavy atom. The molecule has 1 aliphatic carbocycles. The number of carbonyl (C=O) groups excluding carboxylic acids is 1. The van der Waals surface area contributed by atoms with E-state index >= 15 is 0 Å². The Morgan fingerprint density at radius 1 is 1.36 bits per heavy atom. The first-order valence-corrected chi connectivity index (χ1v) is 7.50. The van der Waals surface area contributed by atoms with Gasteiger partial charge in [0, 0.05) is 25.6 Å². The van der Waals surface area contributed by atoms with E-state index in [4.69, 9.17) is 4.74 Å². The molecule has 1 aromatic rings. The van der Waals surface area contributed by atoms with Crippen LogP contribution in [-0.4, -0.2) is 44.0 Å². The zero-order valence-electron chi connectivity index (χ0n) is 12.8. The van der Waals surface area contributed by atoms with Crippen LogP contribution in [-0.2, 0) is 10.2 Å². The molecule has 0 heterocycles. The van der Waals surface area contributed by atoms with Gasteiger partial charge in [0.15, 0.2) is 0 Å². The Labute approximate surface area is 129 Å². The average molecular weight is 310 g/mol. The highest BCUT2D eigenvalue weighted by atomic mass is 19.1. The molecule has 1 aromatic carbocycles. The first kappa shape index (κ1) is 16.7. The average Bonchev–Trinajstić information content (AvgIpc) is 2.46. The molecule has 1 aliphatic rings. The molecule has 6 heteroatoms. The molecule has 0 bridgehead atoms. The van der Waals surface area contributed by atoms with Crippen molar-refractivity contribution < 1.29 is 19.0 Å². The third-order valence-corrected chi connectivity index (χ3v) is 4.21. The molecular weight excluding hydrogens is 287 g/mol. The summed E-state index contributed by atoms with van der Waals surface area (Å²) >= 11 is 0. The highest BCUT2D eigenvalue weighted by Crippen LogP contribution is 2.43. The first-order chi connectivity index (χ1) is 10.6. The van der Waals surface area contributed by atoms with Crippen LogP contribution in [0.25, 0.3) is 0 Å². The van der Waals surface area contributed by atoms with Crippen LogP contribution in [0.4, 0.5) is 9.18 Å². The third-order valence-electron chi connectivity index (χ3n) is 4.21. The standard InChI is InChI=1S/C16H23FN2O3/c1-22-10-14(20)9-18-15(21)19-11-16(7-2-8-16)12-3-5-13(17)6-4-12/h3-6,14,20H,2,7-11H2,1H3,(H2,18,19,21). The molecule has 0 aliphatic heterocycles. The van der Waals surface area contributed by atoms with Gasteiger partial charge in [-0.3, -0.25) is 0 Å². The number of methoxy groups -OCH3 is 1. The predicted molar refractivity (Wildman–Crippen MR) is 81.2 cm³/mol. The van der Waals surface area contributed by atoms with Gasteiger partial charge < -0.3 is 20.5 Å². The monoisotopic (exact) mass is 310 g/mol. The summed E-state index contributed by atoms with van der Waals surface area (Å²) in [5.41, 5.74) is 0.954. The molecule has 22 heavy (non-hydrogen) atoms. The van der Waals surface area contributed by atoms with Crippen molar-refractivity contribution in [1.29, 1.82) is 0 Å². The SMILES string of the molecule is COCC(O)CNC(=O)NCC1(c2ccc(F)cc2)CCC1. The highest BCUT2D eigenvalue weighted by molar-refractivity contribution is 5.74. The maximum Gasteiger partial charge on any atom is 0.314 e. The number of amides is 2. The number of aliphatic hydroxyl groups excluding tert-OH is 1. The van der Waals surface area contributed by atoms with Crippen LogP contribution in [0.1, 0.15) is 24.8 Å². The Balaban J connectivity index is 1.83. The predicted octanol–water partition coefficient (Wildman–Crippen LogP) is 1.55. The molecule has 0 aromatic heterocycles. The number of urea groups is 1. The van der Waals surface area contributed by atoms with Crippen molar-refractivity contribution in [2.75, 3.05) is 26.8 Å². The van der Waals surface area contributed by atoms with Gasteiger partial charge in [-0.2, -0.15) is 0 Å². The van der Waals surface area contributed by atoms with E-state index < -0.39 is 6.10 Å². The molecule has 3 N–H and O–H groups in total. The van der Waals surface area contributed by atoms with Gasteiger partial charge in [-0.1, -0.05) is 18.6 Å². The number of aliphatic hydroxyl groups is 1. The second-order valence-corrected chi connectivity index (χ2v) is 5.81. The Morgan fingerprint density at radius 3 is 2.59 bits per heavy atom. The van der Waals surface area contributed by atoms with Gasteiger partial charge in [0.25, 0.3) is 0 Å². The summed E-state index contributed by atoms with van der Waals surface area (Å²) in [6, 6.07) is 6.17. The zero-order chi connectivity index (χ0) is 16.0. The quantitative estimate of drug-likeness (QED) is 0.716. The van der Waals surface area contributed by atoms with Crippen molar-refractivity contribution in [2.24, 2.45) is 0 Å². The number of halogens is 1. The lowest BCUT2D eigenvalue weighted by atomic mass is 9.64. The van der Waals surface area contributed by atoms with Gasteiger partial charge in [-0.05, 0) is 30.5 Å². The maximum absolute atomic E-state index is 13.0. The van der Waals surface area contributed by atoms with Crippen molar-refractivity contribution in [3.8, 4) is 0 Å². The molecule has 1 fully saturated rings. The number of hydrogen-bond donors (Lipinski definition) is 3. The lowest BCUT2D eigenvalue weighted by Gasteiger charge is -2.42. The summed E-state index contributed by atoms with van der Waals surface area (Å²) < 4.78 is 17.8. The molecule has 5 nitrogen and oxygen atoms in total. The normalized spacial score (nSPS) is 17.4.